The zero-order chi connectivity index (χ0) is 15.6. The van der Waals surface area contributed by atoms with E-state index in [-0.39, 0.29) is 22.2 Å². The number of amides is 1. The monoisotopic (exact) mass is 328 g/mol. The molecule has 0 saturated carbocycles. The SMILES string of the molecule is O=C([O-])CCN1C(=O)/C(=C\c2ccc(F)c(F)c2)SC1=S. The molecule has 0 N–H and O–H groups in total. The highest BCUT2D eigenvalue weighted by molar-refractivity contribution is 8.26. The number of carbonyl (C=O) groups excluding carboxylic acids is 2. The van der Waals surface area contributed by atoms with Crippen LogP contribution in [0.5, 0.6) is 0 Å². The van der Waals surface area contributed by atoms with Crippen molar-refractivity contribution in [1.82, 2.24) is 4.90 Å². The number of carboxylic acid groups (broad SMARTS) is 1. The lowest BCUT2D eigenvalue weighted by Crippen LogP contribution is -2.33. The summed E-state index contributed by atoms with van der Waals surface area (Å²) in [6, 6.07) is 3.24. The molecule has 1 aromatic rings. The quantitative estimate of drug-likeness (QED) is 0.616. The van der Waals surface area contributed by atoms with E-state index in [1.807, 2.05) is 0 Å². The molecule has 0 atom stereocenters. The molecule has 1 aliphatic rings. The Morgan fingerprint density at radius 3 is 2.71 bits per heavy atom. The summed E-state index contributed by atoms with van der Waals surface area (Å²) in [5.74, 6) is -3.74. The Kier molecular flexibility index (Phi) is 4.69. The van der Waals surface area contributed by atoms with E-state index in [0.29, 0.717) is 5.56 Å². The lowest BCUT2D eigenvalue weighted by Gasteiger charge is -2.14. The van der Waals surface area contributed by atoms with Gasteiger partial charge in [-0.2, -0.15) is 0 Å². The molecular weight excluding hydrogens is 320 g/mol. The van der Waals surface area contributed by atoms with Gasteiger partial charge in [-0.15, -0.1) is 0 Å². The average Bonchev–Trinajstić information content (AvgIpc) is 2.67. The fraction of sp³-hybridized carbons (Fsp3) is 0.154. The van der Waals surface area contributed by atoms with Gasteiger partial charge >= 0.3 is 0 Å². The highest BCUT2D eigenvalue weighted by Gasteiger charge is 2.31. The topological polar surface area (TPSA) is 60.4 Å². The van der Waals surface area contributed by atoms with Crippen LogP contribution in [0.4, 0.5) is 8.78 Å². The fourth-order valence-electron chi connectivity index (χ4n) is 1.65. The summed E-state index contributed by atoms with van der Waals surface area (Å²) in [4.78, 5) is 23.8. The van der Waals surface area contributed by atoms with Crippen molar-refractivity contribution in [2.75, 3.05) is 6.54 Å². The zero-order valence-electron chi connectivity index (χ0n) is 10.5. The molecule has 110 valence electrons. The van der Waals surface area contributed by atoms with E-state index in [2.05, 4.69) is 0 Å². The van der Waals surface area contributed by atoms with Gasteiger partial charge < -0.3 is 9.90 Å². The second kappa shape index (κ2) is 6.31. The van der Waals surface area contributed by atoms with Crippen LogP contribution in [0.25, 0.3) is 6.08 Å². The van der Waals surface area contributed by atoms with Gasteiger partial charge in [0.2, 0.25) is 0 Å². The summed E-state index contributed by atoms with van der Waals surface area (Å²) < 4.78 is 26.2. The van der Waals surface area contributed by atoms with Crippen LogP contribution in [-0.4, -0.2) is 27.6 Å². The van der Waals surface area contributed by atoms with Crippen LogP contribution in [-0.2, 0) is 9.59 Å². The van der Waals surface area contributed by atoms with Gasteiger partial charge in [0.25, 0.3) is 5.91 Å². The lowest BCUT2D eigenvalue weighted by molar-refractivity contribution is -0.305. The van der Waals surface area contributed by atoms with E-state index in [4.69, 9.17) is 12.2 Å². The third kappa shape index (κ3) is 3.64. The van der Waals surface area contributed by atoms with E-state index < -0.39 is 23.5 Å². The molecule has 0 unspecified atom stereocenters. The molecule has 1 amide bonds. The Morgan fingerprint density at radius 1 is 1.38 bits per heavy atom. The number of aliphatic carboxylic acids is 1. The van der Waals surface area contributed by atoms with Crippen LogP contribution in [0.1, 0.15) is 12.0 Å². The van der Waals surface area contributed by atoms with Crippen molar-refractivity contribution in [3.8, 4) is 0 Å². The maximum absolute atomic E-state index is 13.1. The second-order valence-corrected chi connectivity index (χ2v) is 5.80. The predicted octanol–water partition coefficient (Wildman–Crippen LogP) is 1.31. The van der Waals surface area contributed by atoms with Crippen LogP contribution < -0.4 is 5.11 Å². The Labute approximate surface area is 128 Å². The van der Waals surface area contributed by atoms with Crippen molar-refractivity contribution >= 4 is 46.3 Å². The average molecular weight is 328 g/mol. The number of hydrogen-bond acceptors (Lipinski definition) is 5. The summed E-state index contributed by atoms with van der Waals surface area (Å²) in [6.07, 6.45) is 1.05. The Hall–Kier alpha value is -1.80. The molecule has 1 saturated heterocycles. The zero-order valence-corrected chi connectivity index (χ0v) is 12.1. The van der Waals surface area contributed by atoms with E-state index >= 15 is 0 Å². The number of rotatable bonds is 4. The second-order valence-electron chi connectivity index (χ2n) is 4.13. The molecule has 21 heavy (non-hydrogen) atoms. The number of nitrogens with zero attached hydrogens (tertiary/aromatic N) is 1. The van der Waals surface area contributed by atoms with Crippen LogP contribution in [0.3, 0.4) is 0 Å². The molecule has 1 fully saturated rings. The first-order valence-electron chi connectivity index (χ1n) is 5.79. The number of benzene rings is 1. The summed E-state index contributed by atoms with van der Waals surface area (Å²) in [5, 5.41) is 10.4. The van der Waals surface area contributed by atoms with E-state index in [9.17, 15) is 23.5 Å². The molecule has 1 aromatic carbocycles. The highest BCUT2D eigenvalue weighted by Crippen LogP contribution is 2.32. The van der Waals surface area contributed by atoms with Gasteiger partial charge in [-0.3, -0.25) is 9.69 Å². The van der Waals surface area contributed by atoms with Crippen molar-refractivity contribution in [3.63, 3.8) is 0 Å². The van der Waals surface area contributed by atoms with Crippen LogP contribution >= 0.6 is 24.0 Å². The summed E-state index contributed by atoms with van der Waals surface area (Å²) in [7, 11) is 0. The number of carboxylic acids is 1. The van der Waals surface area contributed by atoms with Crippen LogP contribution in [0, 0.1) is 11.6 Å². The van der Waals surface area contributed by atoms with Crippen molar-refractivity contribution in [1.29, 1.82) is 0 Å². The van der Waals surface area contributed by atoms with Gasteiger partial charge in [0, 0.05) is 18.9 Å². The Balaban J connectivity index is 2.19. The number of thiocarbonyl (C=S) groups is 1. The number of thioether (sulfide) groups is 1. The predicted molar refractivity (Wildman–Crippen MR) is 75.9 cm³/mol. The third-order valence-electron chi connectivity index (χ3n) is 2.65. The van der Waals surface area contributed by atoms with Gasteiger partial charge in [0.1, 0.15) is 4.32 Å². The molecule has 0 radical (unpaired) electrons. The maximum Gasteiger partial charge on any atom is 0.266 e. The molecular formula is C13H8F2NO3S2-. The standard InChI is InChI=1S/C13H9F2NO3S2/c14-8-2-1-7(5-9(8)15)6-10-12(19)16(13(20)21-10)4-3-11(17)18/h1-2,5-6H,3-4H2,(H,17,18)/p-1/b10-6+. The number of hydrogen-bond donors (Lipinski definition) is 0. The molecule has 1 aliphatic heterocycles. The maximum atomic E-state index is 13.1. The van der Waals surface area contributed by atoms with Crippen molar-refractivity contribution in [2.45, 2.75) is 6.42 Å². The normalized spacial score (nSPS) is 16.9. The fourth-order valence-corrected chi connectivity index (χ4v) is 2.96. The van der Waals surface area contributed by atoms with Crippen LogP contribution in [0.2, 0.25) is 0 Å². The van der Waals surface area contributed by atoms with Gasteiger partial charge in [0.05, 0.1) is 4.91 Å². The van der Waals surface area contributed by atoms with Gasteiger partial charge in [-0.25, -0.2) is 8.78 Å². The summed E-state index contributed by atoms with van der Waals surface area (Å²) >= 11 is 5.97. The van der Waals surface area contributed by atoms with Crippen molar-refractivity contribution < 1.29 is 23.5 Å². The first-order valence-corrected chi connectivity index (χ1v) is 7.01. The molecule has 0 aromatic heterocycles. The minimum absolute atomic E-state index is 0.0812. The lowest BCUT2D eigenvalue weighted by atomic mass is 10.2. The summed E-state index contributed by atoms with van der Waals surface area (Å²) in [5.41, 5.74) is 0.314. The smallest absolute Gasteiger partial charge is 0.266 e. The molecule has 0 spiro atoms. The van der Waals surface area contributed by atoms with Gasteiger partial charge in [0.15, 0.2) is 11.6 Å². The third-order valence-corrected chi connectivity index (χ3v) is 4.03. The Morgan fingerprint density at radius 2 is 2.10 bits per heavy atom. The van der Waals surface area contributed by atoms with Gasteiger partial charge in [-0.05, 0) is 23.8 Å². The van der Waals surface area contributed by atoms with E-state index in [1.54, 1.807) is 0 Å². The molecule has 2 rings (SSSR count). The molecule has 8 heteroatoms. The van der Waals surface area contributed by atoms with Crippen molar-refractivity contribution in [2.24, 2.45) is 0 Å². The van der Waals surface area contributed by atoms with E-state index in [1.165, 1.54) is 12.1 Å². The number of carbonyl (C=O) groups is 2. The number of halogens is 2. The first-order chi connectivity index (χ1) is 9.88. The summed E-state index contributed by atoms with van der Waals surface area (Å²) in [6.45, 7) is -0.0812. The first kappa shape index (κ1) is 15.6. The molecule has 4 nitrogen and oxygen atoms in total. The minimum Gasteiger partial charge on any atom is -0.550 e. The Bertz CT molecular complexity index is 661. The van der Waals surface area contributed by atoms with Gasteiger partial charge in [-0.1, -0.05) is 30.0 Å². The molecule has 0 aliphatic carbocycles. The van der Waals surface area contributed by atoms with E-state index in [0.717, 1.165) is 28.8 Å². The highest BCUT2D eigenvalue weighted by atomic mass is 32.2. The largest absolute Gasteiger partial charge is 0.550 e. The molecule has 1 heterocycles. The minimum atomic E-state index is -1.28. The van der Waals surface area contributed by atoms with Crippen LogP contribution in [0.15, 0.2) is 23.1 Å². The van der Waals surface area contributed by atoms with Crippen molar-refractivity contribution in [3.05, 3.63) is 40.3 Å². The molecule has 0 bridgehead atoms.